The summed E-state index contributed by atoms with van der Waals surface area (Å²) in [5.41, 5.74) is 9.46. The number of benzene rings is 6. The monoisotopic (exact) mass is 526 g/mol. The zero-order chi connectivity index (χ0) is 27.7. The first-order valence-electron chi connectivity index (χ1n) is 14.3. The molecule has 0 N–H and O–H groups in total. The molecule has 6 aromatic carbocycles. The molecule has 2 heteroatoms. The van der Waals surface area contributed by atoms with Gasteiger partial charge in [0.15, 0.2) is 0 Å². The fraction of sp³-hybridized carbons (Fsp3) is 0.103. The minimum Gasteiger partial charge on any atom is -0.306 e. The Morgan fingerprint density at radius 2 is 1.20 bits per heavy atom. The first kappa shape index (κ1) is 23.9. The Bertz CT molecular complexity index is 2160. The van der Waals surface area contributed by atoms with Crippen LogP contribution in [0.25, 0.3) is 71.5 Å². The van der Waals surface area contributed by atoms with Crippen molar-refractivity contribution in [3.63, 3.8) is 0 Å². The SMILES string of the molecule is CC(C)(C)c1cc2ccc3c(-c4ccc(-c5ccccc5)cc4)cc(-c4cn5ccccc5n4)c4ccc(c1)c2c34. The van der Waals surface area contributed by atoms with Gasteiger partial charge in [0.25, 0.3) is 0 Å². The van der Waals surface area contributed by atoms with Gasteiger partial charge in [-0.15, -0.1) is 0 Å². The third-order valence-corrected chi connectivity index (χ3v) is 8.53. The molecule has 0 radical (unpaired) electrons. The number of hydrogen-bond donors (Lipinski definition) is 0. The average molecular weight is 527 g/mol. The van der Waals surface area contributed by atoms with Gasteiger partial charge < -0.3 is 4.40 Å². The number of fused-ring (bicyclic) bond motifs is 1. The Kier molecular flexibility index (Phi) is 5.11. The molecule has 0 amide bonds. The molecule has 0 aliphatic carbocycles. The molecule has 0 fully saturated rings. The van der Waals surface area contributed by atoms with Crippen LogP contribution in [0.4, 0.5) is 0 Å². The summed E-state index contributed by atoms with van der Waals surface area (Å²) < 4.78 is 2.11. The van der Waals surface area contributed by atoms with E-state index in [0.717, 1.165) is 16.9 Å². The van der Waals surface area contributed by atoms with E-state index >= 15 is 0 Å². The van der Waals surface area contributed by atoms with Gasteiger partial charge in [0.1, 0.15) is 5.65 Å². The predicted molar refractivity (Wildman–Crippen MR) is 174 cm³/mol. The van der Waals surface area contributed by atoms with Crippen LogP contribution in [-0.2, 0) is 5.41 Å². The highest BCUT2D eigenvalue weighted by Crippen LogP contribution is 2.45. The number of imidazole rings is 1. The van der Waals surface area contributed by atoms with Gasteiger partial charge in [0.05, 0.1) is 5.69 Å². The first-order valence-corrected chi connectivity index (χ1v) is 14.3. The predicted octanol–water partition coefficient (Wildman–Crippen LogP) is 10.5. The van der Waals surface area contributed by atoms with Crippen LogP contribution < -0.4 is 0 Å². The lowest BCUT2D eigenvalue weighted by Gasteiger charge is -2.22. The van der Waals surface area contributed by atoms with Crippen LogP contribution in [0.15, 0.2) is 128 Å². The van der Waals surface area contributed by atoms with E-state index in [1.807, 2.05) is 6.07 Å². The maximum absolute atomic E-state index is 5.06. The molecule has 8 rings (SSSR count). The third kappa shape index (κ3) is 3.82. The van der Waals surface area contributed by atoms with Crippen LogP contribution >= 0.6 is 0 Å². The van der Waals surface area contributed by atoms with Crippen molar-refractivity contribution in [3.05, 3.63) is 133 Å². The third-order valence-electron chi connectivity index (χ3n) is 8.53. The van der Waals surface area contributed by atoms with Gasteiger partial charge in [-0.2, -0.15) is 0 Å². The lowest BCUT2D eigenvalue weighted by Crippen LogP contribution is -2.10. The molecule has 0 bridgehead atoms. The highest BCUT2D eigenvalue weighted by molar-refractivity contribution is 6.28. The Balaban J connectivity index is 1.43. The maximum atomic E-state index is 5.06. The van der Waals surface area contributed by atoms with E-state index in [-0.39, 0.29) is 5.41 Å². The molecule has 0 aliphatic rings. The fourth-order valence-electron chi connectivity index (χ4n) is 6.34. The van der Waals surface area contributed by atoms with Crippen molar-refractivity contribution < 1.29 is 0 Å². The van der Waals surface area contributed by atoms with Gasteiger partial charge in [0.2, 0.25) is 0 Å². The summed E-state index contributed by atoms with van der Waals surface area (Å²) in [7, 11) is 0. The number of hydrogen-bond acceptors (Lipinski definition) is 1. The quantitative estimate of drug-likeness (QED) is 0.209. The van der Waals surface area contributed by atoms with Crippen molar-refractivity contribution in [1.29, 1.82) is 0 Å². The Labute approximate surface area is 239 Å². The van der Waals surface area contributed by atoms with Crippen molar-refractivity contribution in [2.24, 2.45) is 0 Å². The highest BCUT2D eigenvalue weighted by Gasteiger charge is 2.21. The minimum absolute atomic E-state index is 0.0812. The van der Waals surface area contributed by atoms with Crippen molar-refractivity contribution in [2.45, 2.75) is 26.2 Å². The Morgan fingerprint density at radius 3 is 1.88 bits per heavy atom. The molecule has 41 heavy (non-hydrogen) atoms. The molecule has 0 saturated carbocycles. The summed E-state index contributed by atoms with van der Waals surface area (Å²) >= 11 is 0. The number of nitrogens with zero attached hydrogens (tertiary/aromatic N) is 2. The molecule has 0 spiro atoms. The minimum atomic E-state index is 0.0812. The summed E-state index contributed by atoms with van der Waals surface area (Å²) in [5.74, 6) is 0. The molecule has 2 nitrogen and oxygen atoms in total. The van der Waals surface area contributed by atoms with E-state index in [9.17, 15) is 0 Å². The smallest absolute Gasteiger partial charge is 0.137 e. The maximum Gasteiger partial charge on any atom is 0.137 e. The van der Waals surface area contributed by atoms with Crippen LogP contribution in [0.2, 0.25) is 0 Å². The molecule has 0 aliphatic heterocycles. The van der Waals surface area contributed by atoms with Crippen molar-refractivity contribution >= 4 is 38.0 Å². The average Bonchev–Trinajstić information content (AvgIpc) is 3.44. The summed E-state index contributed by atoms with van der Waals surface area (Å²) in [5, 5.41) is 7.76. The summed E-state index contributed by atoms with van der Waals surface area (Å²) in [6.45, 7) is 6.87. The fourth-order valence-corrected chi connectivity index (χ4v) is 6.34. The van der Waals surface area contributed by atoms with Crippen LogP contribution in [0.5, 0.6) is 0 Å². The molecule has 0 saturated heterocycles. The van der Waals surface area contributed by atoms with Gasteiger partial charge in [0, 0.05) is 18.0 Å². The van der Waals surface area contributed by atoms with Crippen molar-refractivity contribution in [2.75, 3.05) is 0 Å². The standard InChI is InChI=1S/C39H30N2/c1-39(2,3)30-21-28-16-18-31-33(27-14-12-26(13-15-27)25-9-5-4-6-10-25)23-34(32-19-17-29(22-30)37(28)38(31)32)35-24-41-20-8-7-11-36(41)40-35/h4-24H,1-3H3. The molecule has 196 valence electrons. The van der Waals surface area contributed by atoms with Gasteiger partial charge in [-0.3, -0.25) is 0 Å². The Hall–Kier alpha value is -4.95. The topological polar surface area (TPSA) is 17.3 Å². The molecule has 0 atom stereocenters. The number of pyridine rings is 1. The van der Waals surface area contributed by atoms with Crippen LogP contribution in [0.3, 0.4) is 0 Å². The van der Waals surface area contributed by atoms with Crippen LogP contribution in [-0.4, -0.2) is 9.38 Å². The van der Waals surface area contributed by atoms with Gasteiger partial charge in [-0.05, 0) is 83.7 Å². The largest absolute Gasteiger partial charge is 0.306 e. The van der Waals surface area contributed by atoms with E-state index < -0.39 is 0 Å². The molecule has 2 heterocycles. The van der Waals surface area contributed by atoms with Crippen molar-refractivity contribution in [3.8, 4) is 33.5 Å². The second-order valence-corrected chi connectivity index (χ2v) is 12.2. The van der Waals surface area contributed by atoms with E-state index in [2.05, 4.69) is 147 Å². The molecule has 8 aromatic rings. The summed E-state index contributed by atoms with van der Waals surface area (Å²) in [6, 6.07) is 42.1. The normalized spacial score (nSPS) is 12.3. The second-order valence-electron chi connectivity index (χ2n) is 12.2. The van der Waals surface area contributed by atoms with Crippen LogP contribution in [0.1, 0.15) is 26.3 Å². The first-order chi connectivity index (χ1) is 19.9. The second kappa shape index (κ2) is 8.78. The summed E-state index contributed by atoms with van der Waals surface area (Å²) in [6.07, 6.45) is 4.22. The molecule has 2 aromatic heterocycles. The summed E-state index contributed by atoms with van der Waals surface area (Å²) in [4.78, 5) is 5.06. The van der Waals surface area contributed by atoms with E-state index in [1.165, 1.54) is 60.1 Å². The lowest BCUT2D eigenvalue weighted by atomic mass is 9.82. The van der Waals surface area contributed by atoms with Gasteiger partial charge in [-0.25, -0.2) is 4.98 Å². The number of rotatable bonds is 3. The van der Waals surface area contributed by atoms with Crippen molar-refractivity contribution in [1.82, 2.24) is 9.38 Å². The zero-order valence-corrected chi connectivity index (χ0v) is 23.5. The highest BCUT2D eigenvalue weighted by atomic mass is 15.0. The molecular formula is C39H30N2. The molecular weight excluding hydrogens is 496 g/mol. The van der Waals surface area contributed by atoms with Crippen LogP contribution in [0, 0.1) is 0 Å². The van der Waals surface area contributed by atoms with E-state index in [0.29, 0.717) is 0 Å². The van der Waals surface area contributed by atoms with E-state index in [1.54, 1.807) is 0 Å². The van der Waals surface area contributed by atoms with Gasteiger partial charge >= 0.3 is 0 Å². The lowest BCUT2D eigenvalue weighted by molar-refractivity contribution is 0.591. The van der Waals surface area contributed by atoms with Gasteiger partial charge in [-0.1, -0.05) is 118 Å². The Morgan fingerprint density at radius 1 is 0.561 bits per heavy atom. The number of aromatic nitrogens is 2. The molecule has 0 unspecified atom stereocenters. The zero-order valence-electron chi connectivity index (χ0n) is 23.5. The van der Waals surface area contributed by atoms with E-state index in [4.69, 9.17) is 4.98 Å².